The van der Waals surface area contributed by atoms with Crippen LogP contribution >= 0.6 is 0 Å². The van der Waals surface area contributed by atoms with Crippen molar-refractivity contribution in [1.29, 1.82) is 0 Å². The molecular formula is C14H18N2O5. The van der Waals surface area contributed by atoms with Gasteiger partial charge < -0.3 is 25.2 Å². The molecular weight excluding hydrogens is 276 g/mol. The van der Waals surface area contributed by atoms with E-state index in [1.165, 1.54) is 7.11 Å². The van der Waals surface area contributed by atoms with Gasteiger partial charge in [-0.2, -0.15) is 0 Å². The van der Waals surface area contributed by atoms with Crippen molar-refractivity contribution in [3.63, 3.8) is 0 Å². The molecule has 0 spiro atoms. The number of methoxy groups -OCH3 is 1. The summed E-state index contributed by atoms with van der Waals surface area (Å²) in [7, 11) is 1.51. The second-order valence-corrected chi connectivity index (χ2v) is 4.90. The molecule has 1 heterocycles. The van der Waals surface area contributed by atoms with Gasteiger partial charge in [-0.15, -0.1) is 0 Å². The molecule has 21 heavy (non-hydrogen) atoms. The highest BCUT2D eigenvalue weighted by molar-refractivity contribution is 6.39. The van der Waals surface area contributed by atoms with Gasteiger partial charge in [0.25, 0.3) is 0 Å². The highest BCUT2D eigenvalue weighted by Gasteiger charge is 2.33. The predicted molar refractivity (Wildman–Crippen MR) is 75.0 cm³/mol. The molecule has 0 aromatic heterocycles. The highest BCUT2D eigenvalue weighted by Crippen LogP contribution is 2.17. The van der Waals surface area contributed by atoms with Gasteiger partial charge in [-0.05, 0) is 12.1 Å². The average molecular weight is 294 g/mol. The Balaban J connectivity index is 1.86. The summed E-state index contributed by atoms with van der Waals surface area (Å²) in [5.74, 6) is -1.03. The Kier molecular flexibility index (Phi) is 4.77. The maximum atomic E-state index is 11.7. The van der Waals surface area contributed by atoms with Crippen molar-refractivity contribution in [1.82, 2.24) is 5.32 Å². The van der Waals surface area contributed by atoms with Crippen LogP contribution in [0.3, 0.4) is 0 Å². The molecule has 7 nitrogen and oxygen atoms in total. The molecule has 1 atom stereocenters. The zero-order valence-electron chi connectivity index (χ0n) is 11.7. The van der Waals surface area contributed by atoms with Crippen molar-refractivity contribution in [2.75, 3.05) is 32.2 Å². The number of aliphatic hydroxyl groups is 1. The minimum atomic E-state index is -1.09. The fourth-order valence-corrected chi connectivity index (χ4v) is 1.95. The van der Waals surface area contributed by atoms with Crippen LogP contribution in [0.5, 0.6) is 5.75 Å². The summed E-state index contributed by atoms with van der Waals surface area (Å²) in [6.45, 7) is 0.588. The van der Waals surface area contributed by atoms with E-state index in [9.17, 15) is 14.7 Å². The Hall–Kier alpha value is -2.12. The fourth-order valence-electron chi connectivity index (χ4n) is 1.95. The smallest absolute Gasteiger partial charge is 0.313 e. The van der Waals surface area contributed by atoms with E-state index in [4.69, 9.17) is 9.47 Å². The average Bonchev–Trinajstić information content (AvgIpc) is 2.92. The minimum absolute atomic E-state index is 0.0165. The molecule has 1 unspecified atom stereocenters. The molecule has 1 aliphatic heterocycles. The van der Waals surface area contributed by atoms with Crippen molar-refractivity contribution in [2.24, 2.45) is 0 Å². The molecule has 7 heteroatoms. The van der Waals surface area contributed by atoms with Crippen molar-refractivity contribution in [3.8, 4) is 5.75 Å². The summed E-state index contributed by atoms with van der Waals surface area (Å²) >= 11 is 0. The number of hydrogen-bond acceptors (Lipinski definition) is 5. The molecule has 1 aromatic rings. The monoisotopic (exact) mass is 294 g/mol. The Labute approximate surface area is 122 Å². The number of anilines is 1. The standard InChI is InChI=1S/C14H18N2O5/c1-20-11-4-2-3-10(7-11)16-13(18)12(17)15-8-14(19)5-6-21-9-14/h2-4,7,19H,5-6,8-9H2,1H3,(H,15,17)(H,16,18). The largest absolute Gasteiger partial charge is 0.497 e. The lowest BCUT2D eigenvalue weighted by atomic mass is 10.0. The van der Waals surface area contributed by atoms with E-state index < -0.39 is 17.4 Å². The first-order valence-electron chi connectivity index (χ1n) is 6.56. The van der Waals surface area contributed by atoms with Crippen LogP contribution < -0.4 is 15.4 Å². The molecule has 1 saturated heterocycles. The molecule has 0 saturated carbocycles. The molecule has 3 N–H and O–H groups in total. The van der Waals surface area contributed by atoms with Gasteiger partial charge in [0.1, 0.15) is 11.4 Å². The van der Waals surface area contributed by atoms with Crippen LogP contribution in [0.25, 0.3) is 0 Å². The molecule has 0 bridgehead atoms. The molecule has 1 aromatic carbocycles. The lowest BCUT2D eigenvalue weighted by Crippen LogP contribution is -2.46. The van der Waals surface area contributed by atoms with E-state index in [1.54, 1.807) is 24.3 Å². The van der Waals surface area contributed by atoms with Crippen LogP contribution in [0.1, 0.15) is 6.42 Å². The highest BCUT2D eigenvalue weighted by atomic mass is 16.5. The molecule has 0 aliphatic carbocycles. The first kappa shape index (κ1) is 15.3. The van der Waals surface area contributed by atoms with Gasteiger partial charge >= 0.3 is 11.8 Å². The maximum Gasteiger partial charge on any atom is 0.313 e. The first-order valence-corrected chi connectivity index (χ1v) is 6.56. The van der Waals surface area contributed by atoms with Crippen LogP contribution in [0.4, 0.5) is 5.69 Å². The normalized spacial score (nSPS) is 20.9. The summed E-state index contributed by atoms with van der Waals surface area (Å²) < 4.78 is 10.1. The summed E-state index contributed by atoms with van der Waals surface area (Å²) in [4.78, 5) is 23.4. The number of carbonyl (C=O) groups excluding carboxylic acids is 2. The number of ether oxygens (including phenoxy) is 2. The van der Waals surface area contributed by atoms with Crippen molar-refractivity contribution in [2.45, 2.75) is 12.0 Å². The Morgan fingerprint density at radius 1 is 1.43 bits per heavy atom. The van der Waals surface area contributed by atoms with Crippen LogP contribution in [0, 0.1) is 0 Å². The van der Waals surface area contributed by atoms with E-state index in [-0.39, 0.29) is 13.2 Å². The third-order valence-electron chi connectivity index (χ3n) is 3.19. The lowest BCUT2D eigenvalue weighted by molar-refractivity contribution is -0.136. The molecule has 114 valence electrons. The number of amides is 2. The zero-order valence-corrected chi connectivity index (χ0v) is 11.7. The Morgan fingerprint density at radius 3 is 2.90 bits per heavy atom. The second-order valence-electron chi connectivity index (χ2n) is 4.90. The third-order valence-corrected chi connectivity index (χ3v) is 3.19. The second kappa shape index (κ2) is 6.55. The van der Waals surface area contributed by atoms with E-state index in [2.05, 4.69) is 10.6 Å². The van der Waals surface area contributed by atoms with Gasteiger partial charge in [-0.1, -0.05) is 6.07 Å². The SMILES string of the molecule is COc1cccc(NC(=O)C(=O)NCC2(O)CCOC2)c1. The maximum absolute atomic E-state index is 11.7. The Bertz CT molecular complexity index is 526. The number of hydrogen-bond donors (Lipinski definition) is 3. The van der Waals surface area contributed by atoms with Crippen LogP contribution in [0.15, 0.2) is 24.3 Å². The lowest BCUT2D eigenvalue weighted by Gasteiger charge is -2.20. The van der Waals surface area contributed by atoms with Gasteiger partial charge in [0, 0.05) is 31.3 Å². The summed E-state index contributed by atoms with van der Waals surface area (Å²) in [5.41, 5.74) is -0.635. The Morgan fingerprint density at radius 2 is 2.24 bits per heavy atom. The van der Waals surface area contributed by atoms with Crippen molar-refractivity contribution in [3.05, 3.63) is 24.3 Å². The zero-order chi connectivity index (χ0) is 15.3. The van der Waals surface area contributed by atoms with E-state index >= 15 is 0 Å². The summed E-state index contributed by atoms with van der Waals surface area (Å²) in [5, 5.41) is 14.9. The molecule has 0 radical (unpaired) electrons. The summed E-state index contributed by atoms with van der Waals surface area (Å²) in [6, 6.07) is 6.67. The number of carbonyl (C=O) groups is 2. The first-order chi connectivity index (χ1) is 10.0. The van der Waals surface area contributed by atoms with Gasteiger partial charge in [0.15, 0.2) is 0 Å². The summed E-state index contributed by atoms with van der Waals surface area (Å²) in [6.07, 6.45) is 0.435. The number of nitrogens with one attached hydrogen (secondary N) is 2. The topological polar surface area (TPSA) is 96.9 Å². The molecule has 2 amide bonds. The quantitative estimate of drug-likeness (QED) is 0.674. The van der Waals surface area contributed by atoms with Crippen molar-refractivity contribution >= 4 is 17.5 Å². The molecule has 2 rings (SSSR count). The molecule has 1 aliphatic rings. The van der Waals surface area contributed by atoms with E-state index in [1.807, 2.05) is 0 Å². The van der Waals surface area contributed by atoms with Gasteiger partial charge in [0.2, 0.25) is 0 Å². The van der Waals surface area contributed by atoms with Gasteiger partial charge in [-0.3, -0.25) is 9.59 Å². The predicted octanol–water partition coefficient (Wildman–Crippen LogP) is -0.0987. The third kappa shape index (κ3) is 4.17. The molecule has 1 fully saturated rings. The van der Waals surface area contributed by atoms with Gasteiger partial charge in [-0.25, -0.2) is 0 Å². The van der Waals surface area contributed by atoms with E-state index in [0.717, 1.165) is 0 Å². The number of rotatable bonds is 4. The van der Waals surface area contributed by atoms with Gasteiger partial charge in [0.05, 0.1) is 13.7 Å². The van der Waals surface area contributed by atoms with Crippen LogP contribution in [-0.2, 0) is 14.3 Å². The van der Waals surface area contributed by atoms with Crippen LogP contribution in [0.2, 0.25) is 0 Å². The minimum Gasteiger partial charge on any atom is -0.497 e. The fraction of sp³-hybridized carbons (Fsp3) is 0.429. The van der Waals surface area contributed by atoms with Crippen LogP contribution in [-0.4, -0.2) is 49.4 Å². The van der Waals surface area contributed by atoms with Crippen molar-refractivity contribution < 1.29 is 24.2 Å². The number of benzene rings is 1. The van der Waals surface area contributed by atoms with E-state index in [0.29, 0.717) is 24.5 Å².